The van der Waals surface area contributed by atoms with Crippen LogP contribution in [0.5, 0.6) is 0 Å². The number of esters is 1. The van der Waals surface area contributed by atoms with Gasteiger partial charge in [0.1, 0.15) is 24.7 Å². The van der Waals surface area contributed by atoms with Crippen LogP contribution in [0.25, 0.3) is 11.0 Å². The normalized spacial score (nSPS) is 11.5. The van der Waals surface area contributed by atoms with Crippen molar-refractivity contribution in [3.8, 4) is 0 Å². The van der Waals surface area contributed by atoms with Gasteiger partial charge in [-0.25, -0.2) is 4.98 Å². The van der Waals surface area contributed by atoms with Crippen LogP contribution in [0.2, 0.25) is 5.02 Å². The molecule has 170 valence electrons. The zero-order chi connectivity index (χ0) is 23.5. The predicted octanol–water partition coefficient (Wildman–Crippen LogP) is 3.76. The quantitative estimate of drug-likeness (QED) is 0.291. The van der Waals surface area contributed by atoms with E-state index < -0.39 is 34.9 Å². The van der Waals surface area contributed by atoms with Gasteiger partial charge in [0.2, 0.25) is 0 Å². The number of hydrogen-bond acceptors (Lipinski definition) is 7. The van der Waals surface area contributed by atoms with Gasteiger partial charge in [-0.1, -0.05) is 11.6 Å². The second kappa shape index (κ2) is 9.40. The van der Waals surface area contributed by atoms with E-state index in [0.717, 1.165) is 6.07 Å². The Morgan fingerprint density at radius 3 is 2.69 bits per heavy atom. The zero-order valence-electron chi connectivity index (χ0n) is 16.2. The number of nitrogens with zero attached hydrogens (tertiary/aromatic N) is 3. The van der Waals surface area contributed by atoms with Crippen LogP contribution in [0.4, 0.5) is 24.5 Å². The molecule has 0 unspecified atom stereocenters. The molecule has 0 fully saturated rings. The number of anilines is 1. The number of aromatic nitrogens is 2. The van der Waals surface area contributed by atoms with Gasteiger partial charge in [0.15, 0.2) is 0 Å². The van der Waals surface area contributed by atoms with E-state index >= 15 is 0 Å². The minimum atomic E-state index is -4.74. The molecule has 0 saturated heterocycles. The second-order valence-electron chi connectivity index (χ2n) is 6.54. The molecular weight excluding hydrogens is 457 g/mol. The zero-order valence-corrected chi connectivity index (χ0v) is 17.0. The first-order valence-corrected chi connectivity index (χ1v) is 9.48. The van der Waals surface area contributed by atoms with Gasteiger partial charge in [0, 0.05) is 17.6 Å². The van der Waals surface area contributed by atoms with E-state index in [0.29, 0.717) is 34.0 Å². The molecule has 32 heavy (non-hydrogen) atoms. The number of rotatable bonds is 8. The summed E-state index contributed by atoms with van der Waals surface area (Å²) in [7, 11) is 0. The Bertz CT molecular complexity index is 1170. The predicted molar refractivity (Wildman–Crippen MR) is 108 cm³/mol. The van der Waals surface area contributed by atoms with Crippen molar-refractivity contribution in [1.82, 2.24) is 9.55 Å². The molecule has 0 bridgehead atoms. The third-order valence-corrected chi connectivity index (χ3v) is 4.66. The molecule has 13 heteroatoms. The van der Waals surface area contributed by atoms with Crippen molar-refractivity contribution in [3.63, 3.8) is 0 Å². The van der Waals surface area contributed by atoms with Crippen molar-refractivity contribution in [1.29, 1.82) is 0 Å². The molecule has 0 amide bonds. The molecule has 9 nitrogen and oxygen atoms in total. The van der Waals surface area contributed by atoms with Crippen LogP contribution in [-0.4, -0.2) is 38.7 Å². The average molecular weight is 473 g/mol. The number of nitro groups is 1. The molecule has 1 heterocycles. The Labute approximate surface area is 183 Å². The summed E-state index contributed by atoms with van der Waals surface area (Å²) in [5.41, 5.74) is -1.06. The first-order valence-electron chi connectivity index (χ1n) is 9.11. The van der Waals surface area contributed by atoms with E-state index in [1.165, 1.54) is 0 Å². The van der Waals surface area contributed by atoms with Crippen LogP contribution in [0.1, 0.15) is 11.4 Å². The topological polar surface area (TPSA) is 120 Å². The van der Waals surface area contributed by atoms with E-state index in [-0.39, 0.29) is 25.4 Å². The fourth-order valence-corrected chi connectivity index (χ4v) is 3.14. The van der Waals surface area contributed by atoms with Gasteiger partial charge in [0.25, 0.3) is 5.69 Å². The van der Waals surface area contributed by atoms with Crippen LogP contribution in [0.3, 0.4) is 0 Å². The highest BCUT2D eigenvalue weighted by molar-refractivity contribution is 6.31. The molecule has 3 aromatic rings. The molecule has 0 radical (unpaired) electrons. The van der Waals surface area contributed by atoms with Crippen molar-refractivity contribution < 1.29 is 32.7 Å². The summed E-state index contributed by atoms with van der Waals surface area (Å²) >= 11 is 5.99. The van der Waals surface area contributed by atoms with E-state index in [4.69, 9.17) is 16.3 Å². The third kappa shape index (κ3) is 5.26. The molecule has 0 aliphatic heterocycles. The van der Waals surface area contributed by atoms with Gasteiger partial charge < -0.3 is 19.7 Å². The third-order valence-electron chi connectivity index (χ3n) is 4.42. The van der Waals surface area contributed by atoms with Crippen LogP contribution < -0.4 is 5.32 Å². The molecule has 0 saturated carbocycles. The molecule has 2 N–H and O–H groups in total. The molecule has 1 aromatic heterocycles. The summed E-state index contributed by atoms with van der Waals surface area (Å²) in [6.07, 6.45) is -4.74. The number of carbonyl (C=O) groups excluding carboxylic acids is 1. The lowest BCUT2D eigenvalue weighted by Gasteiger charge is -2.11. The summed E-state index contributed by atoms with van der Waals surface area (Å²) in [6.45, 7) is -0.808. The van der Waals surface area contributed by atoms with Crippen LogP contribution >= 0.6 is 11.6 Å². The lowest BCUT2D eigenvalue weighted by Crippen LogP contribution is -2.19. The lowest BCUT2D eigenvalue weighted by atomic mass is 10.1. The number of nitro benzene ring substituents is 1. The number of fused-ring (bicyclic) bond motifs is 1. The highest BCUT2D eigenvalue weighted by Crippen LogP contribution is 2.34. The van der Waals surface area contributed by atoms with Gasteiger partial charge in [-0.05, 0) is 30.3 Å². The van der Waals surface area contributed by atoms with Crippen LogP contribution in [-0.2, 0) is 28.9 Å². The second-order valence-corrected chi connectivity index (χ2v) is 6.97. The summed E-state index contributed by atoms with van der Waals surface area (Å²) in [5.74, 6) is -0.481. The minimum Gasteiger partial charge on any atom is -0.456 e. The fourth-order valence-electron chi connectivity index (χ4n) is 2.98. The van der Waals surface area contributed by atoms with Crippen molar-refractivity contribution in [2.45, 2.75) is 19.3 Å². The van der Waals surface area contributed by atoms with Crippen LogP contribution in [0, 0.1) is 10.1 Å². The first kappa shape index (κ1) is 23.3. The van der Waals surface area contributed by atoms with E-state index in [1.54, 1.807) is 22.8 Å². The summed E-state index contributed by atoms with van der Waals surface area (Å²) < 4.78 is 45.1. The molecule has 3 rings (SSSR count). The summed E-state index contributed by atoms with van der Waals surface area (Å²) in [5, 5.41) is 23.3. The monoisotopic (exact) mass is 472 g/mol. The standard InChI is InChI=1S/C19H16ClF3N4O5/c20-12-2-4-14-15(8-12)26(5-6-28)17(25-14)10-32-18(29)9-24-13-3-1-11(19(21,22)23)7-16(13)27(30)31/h1-4,7-8,24,28H,5-6,9-10H2. The van der Waals surface area contributed by atoms with E-state index in [2.05, 4.69) is 10.3 Å². The summed E-state index contributed by atoms with van der Waals surface area (Å²) in [4.78, 5) is 26.6. The van der Waals surface area contributed by atoms with Gasteiger partial charge >= 0.3 is 12.1 Å². The number of hydrogen-bond donors (Lipinski definition) is 2. The molecule has 2 aromatic carbocycles. The van der Waals surface area contributed by atoms with Crippen molar-refractivity contribution >= 4 is 40.0 Å². The number of aliphatic hydroxyl groups excluding tert-OH is 1. The molecule has 0 aliphatic carbocycles. The Hall–Kier alpha value is -3.38. The number of nitrogens with one attached hydrogen (secondary N) is 1. The number of imidazole rings is 1. The number of benzene rings is 2. The SMILES string of the molecule is O=C(CNc1ccc(C(F)(F)F)cc1[N+](=O)[O-])OCc1nc2ccc(Cl)cc2n1CCO. The maximum absolute atomic E-state index is 12.8. The van der Waals surface area contributed by atoms with Gasteiger partial charge in [-0.2, -0.15) is 13.2 Å². The maximum Gasteiger partial charge on any atom is 0.416 e. The first-order chi connectivity index (χ1) is 15.1. The van der Waals surface area contributed by atoms with Crippen molar-refractivity contribution in [3.05, 3.63) is 62.9 Å². The van der Waals surface area contributed by atoms with Crippen molar-refractivity contribution in [2.75, 3.05) is 18.5 Å². The van der Waals surface area contributed by atoms with E-state index in [1.807, 2.05) is 0 Å². The van der Waals surface area contributed by atoms with Gasteiger partial charge in [0.05, 0.1) is 28.1 Å². The minimum absolute atomic E-state index is 0.180. The number of halogens is 4. The van der Waals surface area contributed by atoms with Gasteiger partial charge in [-0.3, -0.25) is 14.9 Å². The highest BCUT2D eigenvalue weighted by Gasteiger charge is 2.33. The smallest absolute Gasteiger partial charge is 0.416 e. The van der Waals surface area contributed by atoms with E-state index in [9.17, 15) is 33.2 Å². The Kier molecular flexibility index (Phi) is 6.84. The lowest BCUT2D eigenvalue weighted by molar-refractivity contribution is -0.384. The number of aliphatic hydroxyl groups is 1. The number of alkyl halides is 3. The highest BCUT2D eigenvalue weighted by atomic mass is 35.5. The summed E-state index contributed by atoms with van der Waals surface area (Å²) in [6, 6.07) is 6.88. The fraction of sp³-hybridized carbons (Fsp3) is 0.263. The Balaban J connectivity index is 1.69. The number of ether oxygens (including phenoxy) is 1. The molecule has 0 atom stereocenters. The molecule has 0 aliphatic rings. The Morgan fingerprint density at radius 2 is 2.03 bits per heavy atom. The Morgan fingerprint density at radius 1 is 1.28 bits per heavy atom. The number of carbonyl (C=O) groups is 1. The average Bonchev–Trinajstić information content (AvgIpc) is 3.06. The van der Waals surface area contributed by atoms with Crippen LogP contribution in [0.15, 0.2) is 36.4 Å². The maximum atomic E-state index is 12.8. The molecule has 0 spiro atoms. The van der Waals surface area contributed by atoms with Gasteiger partial charge in [-0.15, -0.1) is 0 Å². The molecular formula is C19H16ClF3N4O5. The largest absolute Gasteiger partial charge is 0.456 e. The van der Waals surface area contributed by atoms with Crippen molar-refractivity contribution in [2.24, 2.45) is 0 Å².